The van der Waals surface area contributed by atoms with Gasteiger partial charge in [0.1, 0.15) is 6.54 Å². The third kappa shape index (κ3) is 4.81. The molecule has 0 aliphatic heterocycles. The molecule has 1 amide bonds. The van der Waals surface area contributed by atoms with Gasteiger partial charge in [-0.25, -0.2) is 0 Å². The molecule has 0 bridgehead atoms. The Hall–Kier alpha value is -2.50. The van der Waals surface area contributed by atoms with Gasteiger partial charge in [0.15, 0.2) is 0 Å². The van der Waals surface area contributed by atoms with E-state index in [4.69, 9.17) is 23.2 Å². The number of aryl methyl sites for hydroxylation is 1. The zero-order valence-electron chi connectivity index (χ0n) is 15.1. The number of halogens is 2. The fourth-order valence-corrected chi connectivity index (χ4v) is 3.08. The molecule has 27 heavy (non-hydrogen) atoms. The lowest BCUT2D eigenvalue weighted by atomic mass is 10.2. The first-order chi connectivity index (χ1) is 12.9. The van der Waals surface area contributed by atoms with Crippen molar-refractivity contribution in [1.82, 2.24) is 9.78 Å². The summed E-state index contributed by atoms with van der Waals surface area (Å²) in [7, 11) is 0. The lowest BCUT2D eigenvalue weighted by molar-refractivity contribution is -0.116. The van der Waals surface area contributed by atoms with Crippen LogP contribution in [0.25, 0.3) is 0 Å². The van der Waals surface area contributed by atoms with Crippen molar-refractivity contribution in [3.05, 3.63) is 75.5 Å². The second kappa shape index (κ2) is 8.46. The molecule has 0 saturated heterocycles. The van der Waals surface area contributed by atoms with Crippen LogP contribution < -0.4 is 10.6 Å². The summed E-state index contributed by atoms with van der Waals surface area (Å²) in [4.78, 5) is 12.3. The van der Waals surface area contributed by atoms with Crippen LogP contribution >= 0.6 is 23.2 Å². The third-order valence-electron chi connectivity index (χ3n) is 4.17. The summed E-state index contributed by atoms with van der Waals surface area (Å²) in [5.74, 6) is -0.196. The number of nitrogens with one attached hydrogen (secondary N) is 2. The van der Waals surface area contributed by atoms with E-state index in [2.05, 4.69) is 15.7 Å². The molecule has 5 nitrogen and oxygen atoms in total. The molecule has 0 unspecified atom stereocenters. The minimum absolute atomic E-state index is 0.0883. The van der Waals surface area contributed by atoms with E-state index in [0.717, 1.165) is 16.9 Å². The minimum Gasteiger partial charge on any atom is -0.380 e. The van der Waals surface area contributed by atoms with E-state index < -0.39 is 0 Å². The number of amides is 1. The van der Waals surface area contributed by atoms with Gasteiger partial charge in [0.05, 0.1) is 27.1 Å². The van der Waals surface area contributed by atoms with Gasteiger partial charge in [-0.05, 0) is 37.6 Å². The van der Waals surface area contributed by atoms with Crippen molar-refractivity contribution in [2.24, 2.45) is 0 Å². The molecule has 0 saturated carbocycles. The highest BCUT2D eigenvalue weighted by atomic mass is 35.5. The van der Waals surface area contributed by atoms with E-state index in [0.29, 0.717) is 28.0 Å². The number of carbonyl (C=O) groups excluding carboxylic acids is 1. The minimum atomic E-state index is -0.196. The van der Waals surface area contributed by atoms with Crippen LogP contribution in [0.3, 0.4) is 0 Å². The first-order valence-corrected chi connectivity index (χ1v) is 9.26. The Labute approximate surface area is 168 Å². The normalized spacial score (nSPS) is 10.7. The van der Waals surface area contributed by atoms with E-state index in [-0.39, 0.29) is 12.5 Å². The Morgan fingerprint density at radius 1 is 1.11 bits per heavy atom. The first kappa shape index (κ1) is 19.3. The summed E-state index contributed by atoms with van der Waals surface area (Å²) in [6.45, 7) is 4.40. The van der Waals surface area contributed by atoms with E-state index >= 15 is 0 Å². The number of hydrogen-bond donors (Lipinski definition) is 2. The van der Waals surface area contributed by atoms with Gasteiger partial charge in [0.25, 0.3) is 0 Å². The predicted molar refractivity (Wildman–Crippen MR) is 111 cm³/mol. The van der Waals surface area contributed by atoms with E-state index in [1.54, 1.807) is 10.7 Å². The average molecular weight is 403 g/mol. The maximum Gasteiger partial charge on any atom is 0.246 e. The number of benzene rings is 2. The summed E-state index contributed by atoms with van der Waals surface area (Å²) in [6, 6.07) is 15.4. The number of nitrogens with zero attached hydrogens (tertiary/aromatic N) is 2. The molecule has 140 valence electrons. The van der Waals surface area contributed by atoms with Gasteiger partial charge in [-0.15, -0.1) is 0 Å². The zero-order valence-corrected chi connectivity index (χ0v) is 16.6. The van der Waals surface area contributed by atoms with Gasteiger partial charge in [0, 0.05) is 12.2 Å². The molecule has 3 aromatic rings. The topological polar surface area (TPSA) is 59.0 Å². The van der Waals surface area contributed by atoms with Crippen LogP contribution in [0.5, 0.6) is 0 Å². The average Bonchev–Trinajstić information content (AvgIpc) is 2.88. The molecule has 7 heteroatoms. The number of anilines is 2. The standard InChI is InChI=1S/C20H20Cl2N4O/c1-13-20(22)14(2)26(25-13)12-19(27)24-16-8-9-18(17(21)10-16)23-11-15-6-4-3-5-7-15/h3-10,23H,11-12H2,1-2H3,(H,24,27). The van der Waals surface area contributed by atoms with Crippen molar-refractivity contribution in [2.75, 3.05) is 10.6 Å². The molecule has 0 aliphatic carbocycles. The summed E-state index contributed by atoms with van der Waals surface area (Å²) >= 11 is 12.5. The molecule has 0 radical (unpaired) electrons. The van der Waals surface area contributed by atoms with Gasteiger partial charge in [-0.2, -0.15) is 5.10 Å². The third-order valence-corrected chi connectivity index (χ3v) is 5.02. The summed E-state index contributed by atoms with van der Waals surface area (Å²) < 4.78 is 1.59. The Bertz CT molecular complexity index is 954. The fourth-order valence-electron chi connectivity index (χ4n) is 2.69. The number of aromatic nitrogens is 2. The van der Waals surface area contributed by atoms with Crippen LogP contribution in [0, 0.1) is 13.8 Å². The number of rotatable bonds is 6. The maximum atomic E-state index is 12.3. The monoisotopic (exact) mass is 402 g/mol. The highest BCUT2D eigenvalue weighted by Crippen LogP contribution is 2.26. The molecule has 0 atom stereocenters. The molecule has 0 aliphatic rings. The first-order valence-electron chi connectivity index (χ1n) is 8.50. The molecule has 1 heterocycles. The van der Waals surface area contributed by atoms with Crippen LogP contribution in [-0.2, 0) is 17.9 Å². The highest BCUT2D eigenvalue weighted by Gasteiger charge is 2.12. The van der Waals surface area contributed by atoms with Gasteiger partial charge < -0.3 is 10.6 Å². The fraction of sp³-hybridized carbons (Fsp3) is 0.200. The molecule has 2 aromatic carbocycles. The quantitative estimate of drug-likeness (QED) is 0.605. The lowest BCUT2D eigenvalue weighted by Gasteiger charge is -2.11. The molecule has 1 aromatic heterocycles. The van der Waals surface area contributed by atoms with Gasteiger partial charge in [0.2, 0.25) is 5.91 Å². The van der Waals surface area contributed by atoms with Crippen molar-refractivity contribution in [3.63, 3.8) is 0 Å². The summed E-state index contributed by atoms with van der Waals surface area (Å²) in [5, 5.41) is 11.5. The Kier molecular flexibility index (Phi) is 6.04. The lowest BCUT2D eigenvalue weighted by Crippen LogP contribution is -2.20. The Morgan fingerprint density at radius 2 is 1.85 bits per heavy atom. The maximum absolute atomic E-state index is 12.3. The van der Waals surface area contributed by atoms with Crippen molar-refractivity contribution < 1.29 is 4.79 Å². The molecule has 3 rings (SSSR count). The molecule has 2 N–H and O–H groups in total. The van der Waals surface area contributed by atoms with Gasteiger partial charge in [-0.3, -0.25) is 9.48 Å². The number of hydrogen-bond acceptors (Lipinski definition) is 3. The summed E-state index contributed by atoms with van der Waals surface area (Å²) in [5.41, 5.74) is 4.07. The smallest absolute Gasteiger partial charge is 0.246 e. The van der Waals surface area contributed by atoms with E-state index in [9.17, 15) is 4.79 Å². The van der Waals surface area contributed by atoms with Crippen molar-refractivity contribution in [3.8, 4) is 0 Å². The second-order valence-corrected chi connectivity index (χ2v) is 7.01. The SMILES string of the molecule is Cc1nn(CC(=O)Nc2ccc(NCc3ccccc3)c(Cl)c2)c(C)c1Cl. The molecule has 0 fully saturated rings. The molecular weight excluding hydrogens is 383 g/mol. The van der Waals surface area contributed by atoms with Crippen molar-refractivity contribution in [1.29, 1.82) is 0 Å². The second-order valence-electron chi connectivity index (χ2n) is 6.22. The molecular formula is C20H20Cl2N4O. The predicted octanol–water partition coefficient (Wildman–Crippen LogP) is 5.06. The zero-order chi connectivity index (χ0) is 19.4. The number of carbonyl (C=O) groups is 1. The van der Waals surface area contributed by atoms with Crippen molar-refractivity contribution in [2.45, 2.75) is 26.9 Å². The van der Waals surface area contributed by atoms with Crippen LogP contribution in [0.15, 0.2) is 48.5 Å². The van der Waals surface area contributed by atoms with Gasteiger partial charge >= 0.3 is 0 Å². The van der Waals surface area contributed by atoms with Gasteiger partial charge in [-0.1, -0.05) is 53.5 Å². The summed E-state index contributed by atoms with van der Waals surface area (Å²) in [6.07, 6.45) is 0. The molecule has 0 spiro atoms. The highest BCUT2D eigenvalue weighted by molar-refractivity contribution is 6.33. The van der Waals surface area contributed by atoms with Crippen LogP contribution in [0.4, 0.5) is 11.4 Å². The van der Waals surface area contributed by atoms with Crippen LogP contribution in [0.2, 0.25) is 10.0 Å². The largest absolute Gasteiger partial charge is 0.380 e. The van der Waals surface area contributed by atoms with E-state index in [1.165, 1.54) is 0 Å². The Balaban J connectivity index is 1.61. The van der Waals surface area contributed by atoms with E-state index in [1.807, 2.05) is 56.3 Å². The van der Waals surface area contributed by atoms with Crippen LogP contribution in [-0.4, -0.2) is 15.7 Å². The van der Waals surface area contributed by atoms with Crippen molar-refractivity contribution >= 4 is 40.5 Å². The Morgan fingerprint density at radius 3 is 2.48 bits per heavy atom. The van der Waals surface area contributed by atoms with Crippen LogP contribution in [0.1, 0.15) is 17.0 Å².